The van der Waals surface area contributed by atoms with Crippen LogP contribution < -0.4 is 16.0 Å². The van der Waals surface area contributed by atoms with Crippen molar-refractivity contribution in [2.24, 2.45) is 7.05 Å². The molecular formula is C14H17N5O. The zero-order valence-corrected chi connectivity index (χ0v) is 11.3. The van der Waals surface area contributed by atoms with Gasteiger partial charge in [-0.15, -0.1) is 0 Å². The van der Waals surface area contributed by atoms with Gasteiger partial charge in [-0.1, -0.05) is 0 Å². The van der Waals surface area contributed by atoms with Crippen LogP contribution in [0.1, 0.15) is 16.1 Å². The molecule has 0 aliphatic carbocycles. The molecule has 6 heteroatoms. The third kappa shape index (κ3) is 2.45. The number of benzene rings is 1. The number of nitrogens with zero attached hydrogens (tertiary/aromatic N) is 2. The predicted octanol–water partition coefficient (Wildman–Crippen LogP) is 1.19. The van der Waals surface area contributed by atoms with Gasteiger partial charge in [-0.2, -0.15) is 5.10 Å². The summed E-state index contributed by atoms with van der Waals surface area (Å²) in [7, 11) is 1.86. The molecule has 0 bridgehead atoms. The van der Waals surface area contributed by atoms with E-state index in [9.17, 15) is 4.79 Å². The fourth-order valence-electron chi connectivity index (χ4n) is 2.23. The summed E-state index contributed by atoms with van der Waals surface area (Å²) < 4.78 is 1.75. The number of carbonyl (C=O) groups excluding carboxylic acids is 1. The molecule has 104 valence electrons. The van der Waals surface area contributed by atoms with Crippen LogP contribution in [0.3, 0.4) is 0 Å². The highest BCUT2D eigenvalue weighted by Crippen LogP contribution is 2.25. The summed E-state index contributed by atoms with van der Waals surface area (Å²) in [5.41, 5.74) is 3.64. The van der Waals surface area contributed by atoms with Crippen molar-refractivity contribution in [3.05, 3.63) is 41.7 Å². The second kappa shape index (κ2) is 5.24. The first-order chi connectivity index (χ1) is 9.74. The molecule has 0 unspecified atom stereocenters. The van der Waals surface area contributed by atoms with E-state index in [1.165, 1.54) is 0 Å². The summed E-state index contributed by atoms with van der Waals surface area (Å²) in [6.07, 6.45) is 1.72. The number of carbonyl (C=O) groups is 1. The number of nitrogens with one attached hydrogen (secondary N) is 3. The van der Waals surface area contributed by atoms with Gasteiger partial charge in [0, 0.05) is 31.9 Å². The van der Waals surface area contributed by atoms with E-state index in [1.807, 2.05) is 31.3 Å². The highest BCUT2D eigenvalue weighted by Gasteiger charge is 2.12. The molecule has 0 saturated carbocycles. The molecule has 6 nitrogen and oxygen atoms in total. The van der Waals surface area contributed by atoms with E-state index in [4.69, 9.17) is 0 Å². The number of aryl methyl sites for hydroxylation is 1. The number of fused-ring (bicyclic) bond motifs is 1. The van der Waals surface area contributed by atoms with E-state index in [1.54, 1.807) is 10.9 Å². The molecule has 3 N–H and O–H groups in total. The Hall–Kier alpha value is -2.50. The van der Waals surface area contributed by atoms with Crippen molar-refractivity contribution in [1.29, 1.82) is 0 Å². The lowest BCUT2D eigenvalue weighted by molar-refractivity contribution is 0.0950. The van der Waals surface area contributed by atoms with Crippen LogP contribution in [-0.4, -0.2) is 28.8 Å². The van der Waals surface area contributed by atoms with Crippen molar-refractivity contribution >= 4 is 17.3 Å². The SMILES string of the molecule is Cn1nccc1CNC(=O)c1ccc2c(c1)NCCN2. The molecule has 0 spiro atoms. The third-order valence-electron chi connectivity index (χ3n) is 3.39. The smallest absolute Gasteiger partial charge is 0.251 e. The zero-order chi connectivity index (χ0) is 13.9. The van der Waals surface area contributed by atoms with Crippen LogP contribution in [0, 0.1) is 0 Å². The van der Waals surface area contributed by atoms with Gasteiger partial charge in [0.05, 0.1) is 23.6 Å². The number of rotatable bonds is 3. The normalized spacial score (nSPS) is 13.1. The Morgan fingerprint density at radius 1 is 1.30 bits per heavy atom. The first-order valence-corrected chi connectivity index (χ1v) is 6.61. The molecule has 1 aromatic heterocycles. The Morgan fingerprint density at radius 2 is 2.10 bits per heavy atom. The summed E-state index contributed by atoms with van der Waals surface area (Å²) in [5, 5.41) is 13.5. The molecule has 20 heavy (non-hydrogen) atoms. The molecule has 1 amide bonds. The Morgan fingerprint density at radius 3 is 2.85 bits per heavy atom. The van der Waals surface area contributed by atoms with Crippen molar-refractivity contribution in [1.82, 2.24) is 15.1 Å². The second-order valence-electron chi connectivity index (χ2n) is 4.74. The van der Waals surface area contributed by atoms with E-state index >= 15 is 0 Å². The van der Waals surface area contributed by atoms with Gasteiger partial charge in [0.25, 0.3) is 5.91 Å². The number of hydrogen-bond donors (Lipinski definition) is 3. The molecule has 1 aliphatic heterocycles. The molecule has 3 rings (SSSR count). The van der Waals surface area contributed by atoms with Gasteiger partial charge in [-0.05, 0) is 24.3 Å². The highest BCUT2D eigenvalue weighted by molar-refractivity contribution is 5.96. The minimum atomic E-state index is -0.0821. The molecule has 0 radical (unpaired) electrons. The third-order valence-corrected chi connectivity index (χ3v) is 3.39. The molecule has 1 aliphatic rings. The quantitative estimate of drug-likeness (QED) is 0.784. The molecule has 2 aromatic rings. The molecule has 0 saturated heterocycles. The number of anilines is 2. The zero-order valence-electron chi connectivity index (χ0n) is 11.3. The maximum absolute atomic E-state index is 12.1. The van der Waals surface area contributed by atoms with Gasteiger partial charge >= 0.3 is 0 Å². The summed E-state index contributed by atoms with van der Waals surface area (Å²) in [6.45, 7) is 2.24. The Kier molecular flexibility index (Phi) is 3.28. The molecule has 1 aromatic carbocycles. The molecule has 0 fully saturated rings. The van der Waals surface area contributed by atoms with E-state index < -0.39 is 0 Å². The van der Waals surface area contributed by atoms with Crippen molar-refractivity contribution < 1.29 is 4.79 Å². The first kappa shape index (κ1) is 12.5. The van der Waals surface area contributed by atoms with Gasteiger partial charge in [0.1, 0.15) is 0 Å². The van der Waals surface area contributed by atoms with Gasteiger partial charge < -0.3 is 16.0 Å². The number of amides is 1. The average molecular weight is 271 g/mol. The standard InChI is InChI=1S/C14H17N5O/c1-19-11(4-5-18-19)9-17-14(20)10-2-3-12-13(8-10)16-7-6-15-12/h2-5,8,15-16H,6-7,9H2,1H3,(H,17,20). The molecule has 0 atom stereocenters. The van der Waals surface area contributed by atoms with Gasteiger partial charge in [-0.25, -0.2) is 0 Å². The minimum Gasteiger partial charge on any atom is -0.382 e. The largest absolute Gasteiger partial charge is 0.382 e. The van der Waals surface area contributed by atoms with E-state index in [0.717, 1.165) is 30.2 Å². The Balaban J connectivity index is 1.69. The van der Waals surface area contributed by atoms with Crippen molar-refractivity contribution in [3.8, 4) is 0 Å². The molecular weight excluding hydrogens is 254 g/mol. The lowest BCUT2D eigenvalue weighted by atomic mass is 10.1. The maximum Gasteiger partial charge on any atom is 0.251 e. The monoisotopic (exact) mass is 271 g/mol. The average Bonchev–Trinajstić information content (AvgIpc) is 2.89. The molecule has 2 heterocycles. The second-order valence-corrected chi connectivity index (χ2v) is 4.74. The van der Waals surface area contributed by atoms with Crippen LogP contribution in [-0.2, 0) is 13.6 Å². The predicted molar refractivity (Wildman–Crippen MR) is 77.8 cm³/mol. The summed E-state index contributed by atoms with van der Waals surface area (Å²) >= 11 is 0. The Labute approximate surface area is 117 Å². The number of aromatic nitrogens is 2. The van der Waals surface area contributed by atoms with Gasteiger partial charge in [0.2, 0.25) is 0 Å². The van der Waals surface area contributed by atoms with E-state index in [-0.39, 0.29) is 5.91 Å². The van der Waals surface area contributed by atoms with Crippen LogP contribution in [0.4, 0.5) is 11.4 Å². The fraction of sp³-hybridized carbons (Fsp3) is 0.286. The van der Waals surface area contributed by atoms with E-state index in [2.05, 4.69) is 21.0 Å². The van der Waals surface area contributed by atoms with Crippen LogP contribution >= 0.6 is 0 Å². The maximum atomic E-state index is 12.1. The van der Waals surface area contributed by atoms with Crippen LogP contribution in [0.25, 0.3) is 0 Å². The van der Waals surface area contributed by atoms with Crippen LogP contribution in [0.2, 0.25) is 0 Å². The van der Waals surface area contributed by atoms with Gasteiger partial charge in [-0.3, -0.25) is 9.48 Å². The van der Waals surface area contributed by atoms with Crippen LogP contribution in [0.5, 0.6) is 0 Å². The van der Waals surface area contributed by atoms with Crippen LogP contribution in [0.15, 0.2) is 30.5 Å². The van der Waals surface area contributed by atoms with Gasteiger partial charge in [0.15, 0.2) is 0 Å². The summed E-state index contributed by atoms with van der Waals surface area (Å²) in [6, 6.07) is 7.52. The summed E-state index contributed by atoms with van der Waals surface area (Å²) in [4.78, 5) is 12.1. The Bertz CT molecular complexity index is 634. The van der Waals surface area contributed by atoms with Crippen molar-refractivity contribution in [3.63, 3.8) is 0 Å². The lowest BCUT2D eigenvalue weighted by Gasteiger charge is -2.20. The highest BCUT2D eigenvalue weighted by atomic mass is 16.1. The van der Waals surface area contributed by atoms with Crippen molar-refractivity contribution in [2.45, 2.75) is 6.54 Å². The van der Waals surface area contributed by atoms with Crippen molar-refractivity contribution in [2.75, 3.05) is 23.7 Å². The topological polar surface area (TPSA) is 71.0 Å². The minimum absolute atomic E-state index is 0.0821. The lowest BCUT2D eigenvalue weighted by Crippen LogP contribution is -2.25. The number of hydrogen-bond acceptors (Lipinski definition) is 4. The summed E-state index contributed by atoms with van der Waals surface area (Å²) in [5.74, 6) is -0.0821. The first-order valence-electron chi connectivity index (χ1n) is 6.61. The van der Waals surface area contributed by atoms with E-state index in [0.29, 0.717) is 12.1 Å². The fourth-order valence-corrected chi connectivity index (χ4v) is 2.23.